The zero-order valence-electron chi connectivity index (χ0n) is 10.8. The minimum Gasteiger partial charge on any atom is -0.378 e. The lowest BCUT2D eigenvalue weighted by Crippen LogP contribution is -2.36. The average molecular weight is 250 g/mol. The summed E-state index contributed by atoms with van der Waals surface area (Å²) in [6.07, 6.45) is 0. The van der Waals surface area contributed by atoms with E-state index in [1.165, 1.54) is 0 Å². The van der Waals surface area contributed by atoms with Crippen molar-refractivity contribution in [2.45, 2.75) is 19.8 Å². The molecule has 98 valence electrons. The Balaban J connectivity index is 2.36. The van der Waals surface area contributed by atoms with Crippen LogP contribution in [-0.4, -0.2) is 31.2 Å². The predicted octanol–water partition coefficient (Wildman–Crippen LogP) is 2.55. The Morgan fingerprint density at radius 3 is 2.56 bits per heavy atom. The van der Waals surface area contributed by atoms with Gasteiger partial charge in [0, 0.05) is 19.2 Å². The maximum Gasteiger partial charge on any atom is 0.292 e. The molecule has 1 aromatic rings. The van der Waals surface area contributed by atoms with Gasteiger partial charge in [-0.15, -0.1) is 0 Å². The number of morpholine rings is 1. The molecule has 0 spiro atoms. The van der Waals surface area contributed by atoms with E-state index in [4.69, 9.17) is 4.74 Å². The van der Waals surface area contributed by atoms with Crippen LogP contribution < -0.4 is 4.90 Å². The lowest BCUT2D eigenvalue weighted by Gasteiger charge is -2.28. The van der Waals surface area contributed by atoms with Crippen molar-refractivity contribution in [3.8, 4) is 0 Å². The van der Waals surface area contributed by atoms with Crippen LogP contribution in [0.3, 0.4) is 0 Å². The third-order valence-electron chi connectivity index (χ3n) is 3.21. The van der Waals surface area contributed by atoms with E-state index in [0.717, 1.165) is 5.56 Å². The van der Waals surface area contributed by atoms with Crippen LogP contribution >= 0.6 is 0 Å². The molecule has 1 saturated heterocycles. The summed E-state index contributed by atoms with van der Waals surface area (Å²) in [5.41, 5.74) is 1.90. The summed E-state index contributed by atoms with van der Waals surface area (Å²) < 4.78 is 5.27. The van der Waals surface area contributed by atoms with Gasteiger partial charge in [-0.3, -0.25) is 10.1 Å². The monoisotopic (exact) mass is 250 g/mol. The Morgan fingerprint density at radius 1 is 1.33 bits per heavy atom. The molecule has 0 radical (unpaired) electrons. The highest BCUT2D eigenvalue weighted by Crippen LogP contribution is 2.31. The number of nitro benzene ring substituents is 1. The fourth-order valence-electron chi connectivity index (χ4n) is 2.12. The molecule has 1 heterocycles. The Hall–Kier alpha value is -1.62. The summed E-state index contributed by atoms with van der Waals surface area (Å²) in [6, 6.07) is 5.52. The van der Waals surface area contributed by atoms with Crippen molar-refractivity contribution in [3.63, 3.8) is 0 Å². The molecule has 0 aliphatic carbocycles. The first-order valence-electron chi connectivity index (χ1n) is 6.20. The highest BCUT2D eigenvalue weighted by molar-refractivity contribution is 5.64. The molecule has 0 aromatic heterocycles. The first kappa shape index (κ1) is 12.8. The summed E-state index contributed by atoms with van der Waals surface area (Å²) >= 11 is 0. The smallest absolute Gasteiger partial charge is 0.292 e. The quantitative estimate of drug-likeness (QED) is 0.611. The van der Waals surface area contributed by atoms with Gasteiger partial charge in [0.05, 0.1) is 18.1 Å². The van der Waals surface area contributed by atoms with Crippen molar-refractivity contribution in [2.24, 2.45) is 0 Å². The molecule has 5 heteroatoms. The Labute approximate surface area is 107 Å². The number of nitrogens with zero attached hydrogens (tertiary/aromatic N) is 2. The molecule has 0 atom stereocenters. The lowest BCUT2D eigenvalue weighted by molar-refractivity contribution is -0.384. The van der Waals surface area contributed by atoms with Crippen molar-refractivity contribution >= 4 is 11.4 Å². The third kappa shape index (κ3) is 2.61. The van der Waals surface area contributed by atoms with E-state index < -0.39 is 0 Å². The van der Waals surface area contributed by atoms with E-state index in [1.807, 2.05) is 30.9 Å². The first-order chi connectivity index (χ1) is 8.59. The number of hydrogen-bond donors (Lipinski definition) is 0. The summed E-state index contributed by atoms with van der Waals surface area (Å²) in [4.78, 5) is 12.9. The summed E-state index contributed by atoms with van der Waals surface area (Å²) in [6.45, 7) is 6.75. The molecule has 0 saturated carbocycles. The van der Waals surface area contributed by atoms with Crippen LogP contribution in [0.1, 0.15) is 25.3 Å². The number of anilines is 1. The summed E-state index contributed by atoms with van der Waals surface area (Å²) in [5, 5.41) is 11.2. The molecule has 2 rings (SSSR count). The molecule has 5 nitrogen and oxygen atoms in total. The van der Waals surface area contributed by atoms with Gasteiger partial charge in [-0.1, -0.05) is 19.9 Å². The standard InChI is InChI=1S/C13H18N2O3/c1-10(2)11-3-4-12(13(9-11)15(16)17)14-5-7-18-8-6-14/h3-4,9-10H,5-8H2,1-2H3. The fraction of sp³-hybridized carbons (Fsp3) is 0.538. The zero-order chi connectivity index (χ0) is 13.1. The Morgan fingerprint density at radius 2 is 2.00 bits per heavy atom. The summed E-state index contributed by atoms with van der Waals surface area (Å²) in [5.74, 6) is 0.294. The van der Waals surface area contributed by atoms with Gasteiger partial charge < -0.3 is 9.64 Å². The van der Waals surface area contributed by atoms with Gasteiger partial charge in [0.25, 0.3) is 5.69 Å². The normalized spacial score (nSPS) is 16.1. The first-order valence-corrected chi connectivity index (χ1v) is 6.20. The van der Waals surface area contributed by atoms with Crippen molar-refractivity contribution < 1.29 is 9.66 Å². The van der Waals surface area contributed by atoms with Gasteiger partial charge in [-0.05, 0) is 17.5 Å². The Kier molecular flexibility index (Phi) is 3.81. The number of ether oxygens (including phenoxy) is 1. The van der Waals surface area contributed by atoms with Crippen LogP contribution in [-0.2, 0) is 4.74 Å². The van der Waals surface area contributed by atoms with Crippen molar-refractivity contribution in [3.05, 3.63) is 33.9 Å². The van der Waals surface area contributed by atoms with E-state index in [-0.39, 0.29) is 10.6 Å². The van der Waals surface area contributed by atoms with Gasteiger partial charge >= 0.3 is 0 Å². The molecular formula is C13H18N2O3. The highest BCUT2D eigenvalue weighted by atomic mass is 16.6. The van der Waals surface area contributed by atoms with E-state index in [2.05, 4.69) is 0 Å². The van der Waals surface area contributed by atoms with Crippen molar-refractivity contribution in [2.75, 3.05) is 31.2 Å². The van der Waals surface area contributed by atoms with E-state index in [1.54, 1.807) is 6.07 Å². The van der Waals surface area contributed by atoms with Crippen LogP contribution in [0.15, 0.2) is 18.2 Å². The molecule has 1 aromatic carbocycles. The largest absolute Gasteiger partial charge is 0.378 e. The molecular weight excluding hydrogens is 232 g/mol. The lowest BCUT2D eigenvalue weighted by atomic mass is 10.0. The topological polar surface area (TPSA) is 55.6 Å². The van der Waals surface area contributed by atoms with Gasteiger partial charge in [0.2, 0.25) is 0 Å². The van der Waals surface area contributed by atoms with Crippen molar-refractivity contribution in [1.82, 2.24) is 0 Å². The van der Waals surface area contributed by atoms with Gasteiger partial charge in [-0.25, -0.2) is 0 Å². The fourth-order valence-corrected chi connectivity index (χ4v) is 2.12. The Bertz CT molecular complexity index is 440. The average Bonchev–Trinajstić information content (AvgIpc) is 2.39. The minimum absolute atomic E-state index is 0.197. The van der Waals surface area contributed by atoms with E-state index >= 15 is 0 Å². The minimum atomic E-state index is -0.295. The van der Waals surface area contributed by atoms with E-state index in [0.29, 0.717) is 37.9 Å². The molecule has 18 heavy (non-hydrogen) atoms. The SMILES string of the molecule is CC(C)c1ccc(N2CCOCC2)c([N+](=O)[O-])c1. The molecule has 0 amide bonds. The van der Waals surface area contributed by atoms with Crippen LogP contribution in [0.2, 0.25) is 0 Å². The van der Waals surface area contributed by atoms with Gasteiger partial charge in [0.1, 0.15) is 5.69 Å². The molecule has 0 bridgehead atoms. The van der Waals surface area contributed by atoms with Crippen LogP contribution in [0.5, 0.6) is 0 Å². The number of rotatable bonds is 3. The van der Waals surface area contributed by atoms with Crippen LogP contribution in [0, 0.1) is 10.1 Å². The maximum atomic E-state index is 11.2. The highest BCUT2D eigenvalue weighted by Gasteiger charge is 2.22. The van der Waals surface area contributed by atoms with Crippen molar-refractivity contribution in [1.29, 1.82) is 0 Å². The number of nitro groups is 1. The summed E-state index contributed by atoms with van der Waals surface area (Å²) in [7, 11) is 0. The second kappa shape index (κ2) is 5.35. The zero-order valence-corrected chi connectivity index (χ0v) is 10.8. The van der Waals surface area contributed by atoms with Gasteiger partial charge in [-0.2, -0.15) is 0 Å². The third-order valence-corrected chi connectivity index (χ3v) is 3.21. The molecule has 1 fully saturated rings. The van der Waals surface area contributed by atoms with E-state index in [9.17, 15) is 10.1 Å². The van der Waals surface area contributed by atoms with Crippen LogP contribution in [0.4, 0.5) is 11.4 Å². The maximum absolute atomic E-state index is 11.2. The second-order valence-electron chi connectivity index (χ2n) is 4.76. The van der Waals surface area contributed by atoms with Gasteiger partial charge in [0.15, 0.2) is 0 Å². The predicted molar refractivity (Wildman–Crippen MR) is 70.2 cm³/mol. The molecule has 0 N–H and O–H groups in total. The second-order valence-corrected chi connectivity index (χ2v) is 4.76. The molecule has 1 aliphatic heterocycles. The molecule has 0 unspecified atom stereocenters. The molecule has 1 aliphatic rings. The van der Waals surface area contributed by atoms with Crippen LogP contribution in [0.25, 0.3) is 0 Å². The number of hydrogen-bond acceptors (Lipinski definition) is 4. The number of benzene rings is 1.